The molecule has 3 rings (SSSR count). The Labute approximate surface area is 152 Å². The third-order valence-corrected chi connectivity index (χ3v) is 4.53. The summed E-state index contributed by atoms with van der Waals surface area (Å²) in [6.45, 7) is 1.84. The molecule has 0 saturated heterocycles. The van der Waals surface area contributed by atoms with Crippen LogP contribution in [-0.4, -0.2) is 46.6 Å². The number of rotatable bonds is 7. The SMILES string of the molecule is COc1ccc(C(=O)N(CC(C)C(=O)O)C2CC2)cc1-c1ccccn1. The Morgan fingerprint density at radius 1 is 1.31 bits per heavy atom. The molecule has 1 fully saturated rings. The van der Waals surface area contributed by atoms with E-state index in [1.54, 1.807) is 43.3 Å². The second-order valence-corrected chi connectivity index (χ2v) is 6.56. The van der Waals surface area contributed by atoms with Crippen molar-refractivity contribution >= 4 is 11.9 Å². The number of aromatic nitrogens is 1. The van der Waals surface area contributed by atoms with E-state index in [0.717, 1.165) is 24.1 Å². The Kier molecular flexibility index (Phi) is 5.21. The molecule has 1 aromatic carbocycles. The van der Waals surface area contributed by atoms with E-state index >= 15 is 0 Å². The summed E-state index contributed by atoms with van der Waals surface area (Å²) in [6, 6.07) is 10.9. The van der Waals surface area contributed by atoms with Gasteiger partial charge in [-0.3, -0.25) is 14.6 Å². The molecule has 0 radical (unpaired) electrons. The highest BCUT2D eigenvalue weighted by atomic mass is 16.5. The number of benzene rings is 1. The van der Waals surface area contributed by atoms with Gasteiger partial charge in [-0.15, -0.1) is 0 Å². The van der Waals surface area contributed by atoms with Gasteiger partial charge in [-0.2, -0.15) is 0 Å². The predicted octanol–water partition coefficient (Wildman–Crippen LogP) is 3.08. The van der Waals surface area contributed by atoms with Crippen LogP contribution >= 0.6 is 0 Å². The van der Waals surface area contributed by atoms with E-state index in [1.807, 2.05) is 18.2 Å². The smallest absolute Gasteiger partial charge is 0.308 e. The maximum absolute atomic E-state index is 13.0. The van der Waals surface area contributed by atoms with Crippen molar-refractivity contribution in [3.63, 3.8) is 0 Å². The average molecular weight is 354 g/mol. The molecule has 1 saturated carbocycles. The summed E-state index contributed by atoms with van der Waals surface area (Å²) in [6.07, 6.45) is 3.52. The van der Waals surface area contributed by atoms with Gasteiger partial charge in [0.05, 0.1) is 18.7 Å². The van der Waals surface area contributed by atoms with Crippen LogP contribution in [0.3, 0.4) is 0 Å². The van der Waals surface area contributed by atoms with Gasteiger partial charge in [0.15, 0.2) is 0 Å². The molecular formula is C20H22N2O4. The minimum absolute atomic E-state index is 0.129. The molecule has 1 N–H and O–H groups in total. The zero-order valence-corrected chi connectivity index (χ0v) is 14.9. The molecule has 0 spiro atoms. The number of amides is 1. The maximum atomic E-state index is 13.0. The van der Waals surface area contributed by atoms with E-state index in [-0.39, 0.29) is 18.5 Å². The van der Waals surface area contributed by atoms with Crippen LogP contribution in [0.4, 0.5) is 0 Å². The average Bonchev–Trinajstić information content (AvgIpc) is 3.50. The molecule has 26 heavy (non-hydrogen) atoms. The van der Waals surface area contributed by atoms with Gasteiger partial charge >= 0.3 is 5.97 Å². The van der Waals surface area contributed by atoms with Gasteiger partial charge in [-0.05, 0) is 43.2 Å². The minimum Gasteiger partial charge on any atom is -0.496 e. The number of methoxy groups -OCH3 is 1. The summed E-state index contributed by atoms with van der Waals surface area (Å²) >= 11 is 0. The van der Waals surface area contributed by atoms with Gasteiger partial charge in [0, 0.05) is 29.9 Å². The number of carbonyl (C=O) groups is 2. The fourth-order valence-corrected chi connectivity index (χ4v) is 2.89. The van der Waals surface area contributed by atoms with Gasteiger partial charge in [0.1, 0.15) is 5.75 Å². The zero-order chi connectivity index (χ0) is 18.7. The van der Waals surface area contributed by atoms with Crippen LogP contribution in [0.5, 0.6) is 5.75 Å². The third kappa shape index (κ3) is 3.85. The lowest BCUT2D eigenvalue weighted by atomic mass is 10.0. The summed E-state index contributed by atoms with van der Waals surface area (Å²) in [5.41, 5.74) is 1.97. The molecule has 0 bridgehead atoms. The van der Waals surface area contributed by atoms with E-state index in [4.69, 9.17) is 4.74 Å². The summed E-state index contributed by atoms with van der Waals surface area (Å²) < 4.78 is 5.41. The molecule has 1 heterocycles. The van der Waals surface area contributed by atoms with E-state index in [0.29, 0.717) is 11.3 Å². The normalized spacial score (nSPS) is 14.5. The summed E-state index contributed by atoms with van der Waals surface area (Å²) in [5, 5.41) is 9.18. The zero-order valence-electron chi connectivity index (χ0n) is 14.9. The van der Waals surface area contributed by atoms with Crippen molar-refractivity contribution in [1.82, 2.24) is 9.88 Å². The third-order valence-electron chi connectivity index (χ3n) is 4.53. The number of ether oxygens (including phenoxy) is 1. The Morgan fingerprint density at radius 3 is 2.65 bits per heavy atom. The van der Waals surface area contributed by atoms with Crippen LogP contribution in [-0.2, 0) is 4.79 Å². The summed E-state index contributed by atoms with van der Waals surface area (Å²) in [4.78, 5) is 30.3. The van der Waals surface area contributed by atoms with Crippen LogP contribution in [0.2, 0.25) is 0 Å². The minimum atomic E-state index is -0.896. The molecule has 6 heteroatoms. The Hall–Kier alpha value is -2.89. The Morgan fingerprint density at radius 2 is 2.08 bits per heavy atom. The lowest BCUT2D eigenvalue weighted by Gasteiger charge is -2.25. The van der Waals surface area contributed by atoms with Gasteiger partial charge in [-0.1, -0.05) is 13.0 Å². The predicted molar refractivity (Wildman–Crippen MR) is 97.1 cm³/mol. The van der Waals surface area contributed by atoms with Crippen molar-refractivity contribution in [2.75, 3.05) is 13.7 Å². The highest BCUT2D eigenvalue weighted by Crippen LogP contribution is 2.32. The number of pyridine rings is 1. The molecule has 1 aromatic heterocycles. The Bertz CT molecular complexity index is 803. The van der Waals surface area contributed by atoms with Crippen molar-refractivity contribution in [2.45, 2.75) is 25.8 Å². The van der Waals surface area contributed by atoms with E-state index < -0.39 is 11.9 Å². The first-order valence-electron chi connectivity index (χ1n) is 8.64. The molecule has 0 aliphatic heterocycles. The summed E-state index contributed by atoms with van der Waals surface area (Å²) in [5.74, 6) is -1.02. The molecule has 1 aliphatic rings. The highest BCUT2D eigenvalue weighted by molar-refractivity contribution is 5.96. The standard InChI is InChI=1S/C20H22N2O4/c1-13(20(24)25)12-22(15-7-8-15)19(23)14-6-9-18(26-2)16(11-14)17-5-3-4-10-21-17/h3-6,9-11,13,15H,7-8,12H2,1-2H3,(H,24,25). The second kappa shape index (κ2) is 7.56. The van der Waals surface area contributed by atoms with Gasteiger partial charge in [0.25, 0.3) is 5.91 Å². The lowest BCUT2D eigenvalue weighted by Crippen LogP contribution is -2.38. The number of hydrogen-bond donors (Lipinski definition) is 1. The molecular weight excluding hydrogens is 332 g/mol. The van der Waals surface area contributed by atoms with Gasteiger partial charge < -0.3 is 14.7 Å². The number of aliphatic carboxylic acids is 1. The fraction of sp³-hybridized carbons (Fsp3) is 0.350. The summed E-state index contributed by atoms with van der Waals surface area (Å²) in [7, 11) is 1.58. The van der Waals surface area contributed by atoms with E-state index in [2.05, 4.69) is 4.98 Å². The van der Waals surface area contributed by atoms with E-state index in [9.17, 15) is 14.7 Å². The second-order valence-electron chi connectivity index (χ2n) is 6.56. The molecule has 1 atom stereocenters. The molecule has 1 unspecified atom stereocenters. The number of carboxylic acid groups (broad SMARTS) is 1. The van der Waals surface area contributed by atoms with Crippen molar-refractivity contribution in [1.29, 1.82) is 0 Å². The first-order chi connectivity index (χ1) is 12.5. The fourth-order valence-electron chi connectivity index (χ4n) is 2.89. The van der Waals surface area contributed by atoms with Crippen LogP contribution in [0.1, 0.15) is 30.1 Å². The van der Waals surface area contributed by atoms with Crippen LogP contribution in [0.15, 0.2) is 42.6 Å². The lowest BCUT2D eigenvalue weighted by molar-refractivity contribution is -0.141. The van der Waals surface area contributed by atoms with E-state index in [1.165, 1.54) is 0 Å². The molecule has 1 aliphatic carbocycles. The molecule has 2 aromatic rings. The number of nitrogens with zero attached hydrogens (tertiary/aromatic N) is 2. The quantitative estimate of drug-likeness (QED) is 0.826. The van der Waals surface area contributed by atoms with Gasteiger partial charge in [-0.25, -0.2) is 0 Å². The van der Waals surface area contributed by atoms with Crippen LogP contribution in [0, 0.1) is 5.92 Å². The monoisotopic (exact) mass is 354 g/mol. The number of hydrogen-bond acceptors (Lipinski definition) is 4. The first kappa shape index (κ1) is 17.9. The molecule has 1 amide bonds. The van der Waals surface area contributed by atoms with Crippen LogP contribution < -0.4 is 4.74 Å². The van der Waals surface area contributed by atoms with Crippen molar-refractivity contribution in [3.8, 4) is 17.0 Å². The largest absolute Gasteiger partial charge is 0.496 e. The van der Waals surface area contributed by atoms with Gasteiger partial charge in [0.2, 0.25) is 0 Å². The first-order valence-corrected chi connectivity index (χ1v) is 8.64. The van der Waals surface area contributed by atoms with Crippen LogP contribution in [0.25, 0.3) is 11.3 Å². The number of carboxylic acids is 1. The molecule has 6 nitrogen and oxygen atoms in total. The topological polar surface area (TPSA) is 79.7 Å². The van der Waals surface area contributed by atoms with Crippen molar-refractivity contribution in [2.24, 2.45) is 5.92 Å². The Balaban J connectivity index is 1.92. The van der Waals surface area contributed by atoms with Crippen molar-refractivity contribution in [3.05, 3.63) is 48.2 Å². The highest BCUT2D eigenvalue weighted by Gasteiger charge is 2.35. The van der Waals surface area contributed by atoms with Crippen molar-refractivity contribution < 1.29 is 19.4 Å². The maximum Gasteiger partial charge on any atom is 0.308 e. The number of carbonyl (C=O) groups excluding carboxylic acids is 1. The molecule has 136 valence electrons.